The summed E-state index contributed by atoms with van der Waals surface area (Å²) in [6.07, 6.45) is 1.79. The van der Waals surface area contributed by atoms with Crippen molar-refractivity contribution >= 4 is 27.8 Å². The third-order valence-electron chi connectivity index (χ3n) is 4.32. The lowest BCUT2D eigenvalue weighted by atomic mass is 10.1. The second kappa shape index (κ2) is 8.39. The van der Waals surface area contributed by atoms with Crippen molar-refractivity contribution in [3.05, 3.63) is 54.3 Å². The van der Waals surface area contributed by atoms with Crippen molar-refractivity contribution in [3.8, 4) is 0 Å². The maximum atomic E-state index is 13.0. The highest BCUT2D eigenvalue weighted by Gasteiger charge is 2.38. The van der Waals surface area contributed by atoms with Crippen LogP contribution in [0, 0.1) is 5.82 Å². The van der Waals surface area contributed by atoms with E-state index in [-0.39, 0.29) is 17.3 Å². The Bertz CT molecular complexity index is 902. The van der Waals surface area contributed by atoms with Crippen molar-refractivity contribution < 1.29 is 22.4 Å². The van der Waals surface area contributed by atoms with Crippen LogP contribution in [-0.4, -0.2) is 31.3 Å². The molecule has 1 atom stereocenters. The lowest BCUT2D eigenvalue weighted by Gasteiger charge is -2.32. The zero-order valence-electron chi connectivity index (χ0n) is 14.4. The average molecular weight is 410 g/mol. The molecular formula is C18H19FN2O4S2. The number of nitrogens with two attached hydrogens (primary N) is 1. The molecule has 0 aliphatic carbocycles. The minimum atomic E-state index is -3.84. The van der Waals surface area contributed by atoms with Crippen LogP contribution in [0.15, 0.2) is 63.2 Å². The van der Waals surface area contributed by atoms with Crippen LogP contribution < -0.4 is 5.90 Å². The maximum absolute atomic E-state index is 13.0. The van der Waals surface area contributed by atoms with Gasteiger partial charge in [0.25, 0.3) is 0 Å². The number of carbonyl (C=O) groups is 1. The molecule has 1 saturated heterocycles. The third kappa shape index (κ3) is 4.49. The number of nitrogens with zero attached hydrogens (tertiary/aromatic N) is 1. The van der Waals surface area contributed by atoms with Crippen LogP contribution in [0.1, 0.15) is 19.3 Å². The average Bonchev–Trinajstić information content (AvgIpc) is 2.69. The molecule has 1 unspecified atom stereocenters. The second-order valence-corrected chi connectivity index (χ2v) is 9.13. The Hall–Kier alpha value is -1.94. The lowest BCUT2D eigenvalue weighted by molar-refractivity contribution is -0.149. The van der Waals surface area contributed by atoms with Gasteiger partial charge in [-0.05, 0) is 67.8 Å². The number of benzene rings is 2. The van der Waals surface area contributed by atoms with Crippen LogP contribution in [-0.2, 0) is 19.7 Å². The quantitative estimate of drug-likeness (QED) is 0.763. The summed E-state index contributed by atoms with van der Waals surface area (Å²) < 4.78 is 40.0. The first-order valence-electron chi connectivity index (χ1n) is 8.38. The normalized spacial score (nSPS) is 18.2. The Morgan fingerprint density at radius 2 is 1.67 bits per heavy atom. The van der Waals surface area contributed by atoms with Crippen LogP contribution >= 0.6 is 11.8 Å². The first kappa shape index (κ1) is 19.8. The van der Waals surface area contributed by atoms with E-state index < -0.39 is 22.0 Å². The smallest absolute Gasteiger partial charge is 0.342 e. The van der Waals surface area contributed by atoms with Crippen molar-refractivity contribution in [3.63, 3.8) is 0 Å². The lowest BCUT2D eigenvalue weighted by Crippen LogP contribution is -2.49. The number of hydrogen-bond acceptors (Lipinski definition) is 6. The van der Waals surface area contributed by atoms with E-state index in [0.717, 1.165) is 20.5 Å². The van der Waals surface area contributed by atoms with Gasteiger partial charge in [-0.15, -0.1) is 0 Å². The second-order valence-electron chi connectivity index (χ2n) is 6.09. The van der Waals surface area contributed by atoms with Gasteiger partial charge in [-0.3, -0.25) is 0 Å². The van der Waals surface area contributed by atoms with Gasteiger partial charge in [0.2, 0.25) is 10.0 Å². The molecular weight excluding hydrogens is 391 g/mol. The molecule has 0 spiro atoms. The maximum Gasteiger partial charge on any atom is 0.342 e. The third-order valence-corrected chi connectivity index (χ3v) is 7.26. The van der Waals surface area contributed by atoms with Crippen molar-refractivity contribution in [2.24, 2.45) is 5.90 Å². The summed E-state index contributed by atoms with van der Waals surface area (Å²) in [4.78, 5) is 17.9. The number of sulfonamides is 1. The summed E-state index contributed by atoms with van der Waals surface area (Å²) in [5.74, 6) is 3.89. The molecule has 144 valence electrons. The van der Waals surface area contributed by atoms with E-state index in [0.29, 0.717) is 12.8 Å². The van der Waals surface area contributed by atoms with Crippen molar-refractivity contribution in [2.75, 3.05) is 6.54 Å². The van der Waals surface area contributed by atoms with E-state index in [2.05, 4.69) is 4.84 Å². The summed E-state index contributed by atoms with van der Waals surface area (Å²) in [7, 11) is -3.84. The number of rotatable bonds is 5. The number of halogens is 1. The molecule has 1 aliphatic rings. The minimum absolute atomic E-state index is 0.0997. The highest BCUT2D eigenvalue weighted by Crippen LogP contribution is 2.30. The highest BCUT2D eigenvalue weighted by molar-refractivity contribution is 7.99. The number of carbonyl (C=O) groups excluding carboxylic acids is 1. The molecule has 1 fully saturated rings. The van der Waals surface area contributed by atoms with Gasteiger partial charge >= 0.3 is 5.97 Å². The van der Waals surface area contributed by atoms with Crippen LogP contribution in [0.25, 0.3) is 0 Å². The van der Waals surface area contributed by atoms with Gasteiger partial charge in [0.15, 0.2) is 0 Å². The molecule has 0 saturated carbocycles. The Kier molecular flexibility index (Phi) is 6.15. The summed E-state index contributed by atoms with van der Waals surface area (Å²) in [5, 5.41) is 0. The van der Waals surface area contributed by atoms with Crippen molar-refractivity contribution in [1.29, 1.82) is 0 Å². The Labute approximate surface area is 161 Å². The van der Waals surface area contributed by atoms with Gasteiger partial charge in [0, 0.05) is 16.3 Å². The van der Waals surface area contributed by atoms with Gasteiger partial charge in [-0.1, -0.05) is 11.8 Å². The first-order valence-corrected chi connectivity index (χ1v) is 10.6. The molecule has 1 heterocycles. The molecule has 3 rings (SSSR count). The molecule has 0 aromatic heterocycles. The molecule has 2 N–H and O–H groups in total. The van der Waals surface area contributed by atoms with Crippen molar-refractivity contribution in [2.45, 2.75) is 40.0 Å². The molecule has 2 aromatic rings. The Morgan fingerprint density at radius 1 is 1.07 bits per heavy atom. The predicted molar refractivity (Wildman–Crippen MR) is 98.8 cm³/mol. The van der Waals surface area contributed by atoms with Gasteiger partial charge in [-0.2, -0.15) is 10.2 Å². The van der Waals surface area contributed by atoms with E-state index in [4.69, 9.17) is 5.90 Å². The molecule has 1 aliphatic heterocycles. The van der Waals surface area contributed by atoms with Gasteiger partial charge in [0.05, 0.1) is 4.90 Å². The Morgan fingerprint density at radius 3 is 2.26 bits per heavy atom. The van der Waals surface area contributed by atoms with E-state index in [1.54, 1.807) is 24.3 Å². The fraction of sp³-hybridized carbons (Fsp3) is 0.278. The summed E-state index contributed by atoms with van der Waals surface area (Å²) in [6, 6.07) is 11.5. The molecule has 2 aromatic carbocycles. The van der Waals surface area contributed by atoms with Gasteiger partial charge in [0.1, 0.15) is 11.9 Å². The number of piperidine rings is 1. The zero-order valence-corrected chi connectivity index (χ0v) is 16.0. The fourth-order valence-corrected chi connectivity index (χ4v) is 5.42. The molecule has 6 nitrogen and oxygen atoms in total. The zero-order chi connectivity index (χ0) is 19.4. The molecule has 9 heteroatoms. The van der Waals surface area contributed by atoms with Crippen LogP contribution in [0.2, 0.25) is 0 Å². The Balaban J connectivity index is 1.80. The summed E-state index contributed by atoms with van der Waals surface area (Å²) in [5.41, 5.74) is 0. The van der Waals surface area contributed by atoms with Crippen LogP contribution in [0.5, 0.6) is 0 Å². The topological polar surface area (TPSA) is 89.7 Å². The van der Waals surface area contributed by atoms with Crippen LogP contribution in [0.4, 0.5) is 4.39 Å². The highest BCUT2D eigenvalue weighted by atomic mass is 32.2. The van der Waals surface area contributed by atoms with E-state index >= 15 is 0 Å². The van der Waals surface area contributed by atoms with E-state index in [9.17, 15) is 17.6 Å². The summed E-state index contributed by atoms with van der Waals surface area (Å²) >= 11 is 1.39. The van der Waals surface area contributed by atoms with Crippen molar-refractivity contribution in [1.82, 2.24) is 4.31 Å². The molecule has 27 heavy (non-hydrogen) atoms. The van der Waals surface area contributed by atoms with Gasteiger partial charge < -0.3 is 4.84 Å². The fourth-order valence-electron chi connectivity index (χ4n) is 2.96. The van der Waals surface area contributed by atoms with Crippen LogP contribution in [0.3, 0.4) is 0 Å². The minimum Gasteiger partial charge on any atom is -0.372 e. The SMILES string of the molecule is NOC(=O)C1CCCCN1S(=O)(=O)c1ccc(Sc2ccc(F)cc2)cc1. The van der Waals surface area contributed by atoms with E-state index in [1.165, 1.54) is 36.0 Å². The largest absolute Gasteiger partial charge is 0.372 e. The number of hydrogen-bond donors (Lipinski definition) is 1. The van der Waals surface area contributed by atoms with E-state index in [1.807, 2.05) is 0 Å². The standard InChI is InChI=1S/C18H19FN2O4S2/c19-13-4-6-14(7-5-13)26-15-8-10-16(11-9-15)27(23,24)21-12-2-1-3-17(21)18(22)25-20/h4-11,17H,1-3,12,20H2. The van der Waals surface area contributed by atoms with Gasteiger partial charge in [-0.25, -0.2) is 17.6 Å². The molecule has 0 radical (unpaired) electrons. The predicted octanol–water partition coefficient (Wildman–Crippen LogP) is 2.94. The molecule has 0 bridgehead atoms. The first-order chi connectivity index (χ1) is 12.9. The molecule has 0 amide bonds. The monoisotopic (exact) mass is 410 g/mol. The summed E-state index contributed by atoms with van der Waals surface area (Å²) in [6.45, 7) is 0.244.